The number of ether oxygens (including phenoxy) is 2. The Balaban J connectivity index is 1.64. The van der Waals surface area contributed by atoms with Gasteiger partial charge in [0.05, 0.1) is 6.61 Å². The summed E-state index contributed by atoms with van der Waals surface area (Å²) in [6, 6.07) is 13.2. The third-order valence-electron chi connectivity index (χ3n) is 3.33. The number of fused-ring (bicyclic) bond motifs is 1. The van der Waals surface area contributed by atoms with Gasteiger partial charge in [-0.15, -0.1) is 0 Å². The highest BCUT2D eigenvalue weighted by Crippen LogP contribution is 2.29. The number of para-hydroxylation sites is 1. The summed E-state index contributed by atoms with van der Waals surface area (Å²) in [5.41, 5.74) is 1.90. The SMILES string of the molecule is OCc1cc(Cl)ccc1OCC1Cc2ccccc2O1. The number of hydrogen-bond donors (Lipinski definition) is 1. The number of aliphatic hydroxyl groups is 1. The third-order valence-corrected chi connectivity index (χ3v) is 3.57. The van der Waals surface area contributed by atoms with Crippen molar-refractivity contribution in [3.05, 3.63) is 58.6 Å². The van der Waals surface area contributed by atoms with Gasteiger partial charge in [-0.3, -0.25) is 0 Å². The van der Waals surface area contributed by atoms with Crippen molar-refractivity contribution in [2.45, 2.75) is 19.1 Å². The predicted octanol–water partition coefficient (Wildman–Crippen LogP) is 3.21. The van der Waals surface area contributed by atoms with Gasteiger partial charge in [0.25, 0.3) is 0 Å². The fourth-order valence-electron chi connectivity index (χ4n) is 2.34. The van der Waals surface area contributed by atoms with Crippen molar-refractivity contribution in [3.8, 4) is 11.5 Å². The van der Waals surface area contributed by atoms with Gasteiger partial charge in [-0.05, 0) is 29.8 Å². The van der Waals surface area contributed by atoms with Crippen LogP contribution in [0.1, 0.15) is 11.1 Å². The number of rotatable bonds is 4. The van der Waals surface area contributed by atoms with E-state index >= 15 is 0 Å². The molecule has 4 heteroatoms. The van der Waals surface area contributed by atoms with E-state index in [0.29, 0.717) is 22.9 Å². The zero-order valence-corrected chi connectivity index (χ0v) is 11.6. The topological polar surface area (TPSA) is 38.7 Å². The molecule has 0 bridgehead atoms. The Morgan fingerprint density at radius 2 is 2.10 bits per heavy atom. The van der Waals surface area contributed by atoms with Crippen molar-refractivity contribution in [3.63, 3.8) is 0 Å². The average molecular weight is 291 g/mol. The zero-order chi connectivity index (χ0) is 13.9. The molecule has 2 aromatic carbocycles. The smallest absolute Gasteiger partial charge is 0.137 e. The van der Waals surface area contributed by atoms with Crippen molar-refractivity contribution in [1.82, 2.24) is 0 Å². The minimum absolute atomic E-state index is 0.00891. The Bertz CT molecular complexity index is 587. The molecular formula is C16H15ClO3. The second-order valence-electron chi connectivity index (χ2n) is 4.77. The summed E-state index contributed by atoms with van der Waals surface area (Å²) in [5.74, 6) is 1.58. The molecule has 0 aromatic heterocycles. The van der Waals surface area contributed by atoms with E-state index in [4.69, 9.17) is 21.1 Å². The van der Waals surface area contributed by atoms with E-state index in [0.717, 1.165) is 12.2 Å². The highest BCUT2D eigenvalue weighted by molar-refractivity contribution is 6.30. The van der Waals surface area contributed by atoms with Crippen LogP contribution in [0.25, 0.3) is 0 Å². The first-order valence-electron chi connectivity index (χ1n) is 6.53. The summed E-state index contributed by atoms with van der Waals surface area (Å²) in [5, 5.41) is 9.90. The van der Waals surface area contributed by atoms with Gasteiger partial charge < -0.3 is 14.6 Å². The molecule has 0 fully saturated rings. The summed E-state index contributed by atoms with van der Waals surface area (Å²) in [7, 11) is 0. The molecule has 0 radical (unpaired) electrons. The average Bonchev–Trinajstić information content (AvgIpc) is 2.88. The monoisotopic (exact) mass is 290 g/mol. The molecule has 1 aliphatic heterocycles. The van der Waals surface area contributed by atoms with E-state index in [9.17, 15) is 5.11 Å². The second kappa shape index (κ2) is 5.73. The van der Waals surface area contributed by atoms with Crippen LogP contribution in [0.5, 0.6) is 11.5 Å². The Morgan fingerprint density at radius 3 is 2.90 bits per heavy atom. The second-order valence-corrected chi connectivity index (χ2v) is 5.21. The predicted molar refractivity (Wildman–Crippen MR) is 77.4 cm³/mol. The van der Waals surface area contributed by atoms with Gasteiger partial charge in [0.2, 0.25) is 0 Å². The summed E-state index contributed by atoms with van der Waals surface area (Å²) < 4.78 is 11.6. The van der Waals surface area contributed by atoms with Gasteiger partial charge >= 0.3 is 0 Å². The van der Waals surface area contributed by atoms with Crippen molar-refractivity contribution in [1.29, 1.82) is 0 Å². The van der Waals surface area contributed by atoms with Crippen LogP contribution in [0.15, 0.2) is 42.5 Å². The summed E-state index contributed by atoms with van der Waals surface area (Å²) >= 11 is 5.89. The standard InChI is InChI=1S/C16H15ClO3/c17-13-5-6-15(12(7-13)9-18)19-10-14-8-11-3-1-2-4-16(11)20-14/h1-7,14,18H,8-10H2. The minimum Gasteiger partial charge on any atom is -0.489 e. The fourth-order valence-corrected chi connectivity index (χ4v) is 2.54. The normalized spacial score (nSPS) is 16.6. The van der Waals surface area contributed by atoms with Crippen molar-refractivity contribution in [2.75, 3.05) is 6.61 Å². The fraction of sp³-hybridized carbons (Fsp3) is 0.250. The van der Waals surface area contributed by atoms with Gasteiger partial charge in [0.15, 0.2) is 0 Å². The van der Waals surface area contributed by atoms with Crippen LogP contribution in [-0.2, 0) is 13.0 Å². The van der Waals surface area contributed by atoms with Crippen LogP contribution in [0.2, 0.25) is 5.02 Å². The van der Waals surface area contributed by atoms with Crippen molar-refractivity contribution in [2.24, 2.45) is 0 Å². The molecule has 1 atom stereocenters. The van der Waals surface area contributed by atoms with E-state index in [-0.39, 0.29) is 12.7 Å². The molecule has 0 aliphatic carbocycles. The molecule has 0 spiro atoms. The molecule has 3 nitrogen and oxygen atoms in total. The van der Waals surface area contributed by atoms with Crippen molar-refractivity contribution < 1.29 is 14.6 Å². The molecule has 0 saturated heterocycles. The number of benzene rings is 2. The van der Waals surface area contributed by atoms with E-state index < -0.39 is 0 Å². The maximum Gasteiger partial charge on any atom is 0.137 e. The molecule has 1 N–H and O–H groups in total. The van der Waals surface area contributed by atoms with Gasteiger partial charge in [-0.25, -0.2) is 0 Å². The lowest BCUT2D eigenvalue weighted by Gasteiger charge is -2.14. The van der Waals surface area contributed by atoms with Crippen LogP contribution in [0.4, 0.5) is 0 Å². The highest BCUT2D eigenvalue weighted by Gasteiger charge is 2.23. The molecule has 104 valence electrons. The van der Waals surface area contributed by atoms with Gasteiger partial charge in [0, 0.05) is 17.0 Å². The molecule has 0 amide bonds. The third kappa shape index (κ3) is 2.74. The van der Waals surface area contributed by atoms with E-state index in [1.165, 1.54) is 5.56 Å². The van der Waals surface area contributed by atoms with Gasteiger partial charge in [0.1, 0.15) is 24.2 Å². The lowest BCUT2D eigenvalue weighted by atomic mass is 10.1. The first kappa shape index (κ1) is 13.3. The largest absolute Gasteiger partial charge is 0.489 e. The highest BCUT2D eigenvalue weighted by atomic mass is 35.5. The first-order valence-corrected chi connectivity index (χ1v) is 6.90. The summed E-state index contributed by atoms with van der Waals surface area (Å²) in [6.45, 7) is 0.352. The Labute approximate surface area is 122 Å². The Hall–Kier alpha value is -1.71. The number of halogens is 1. The van der Waals surface area contributed by atoms with Gasteiger partial charge in [-0.2, -0.15) is 0 Å². The van der Waals surface area contributed by atoms with Crippen LogP contribution in [-0.4, -0.2) is 17.8 Å². The van der Waals surface area contributed by atoms with Crippen LogP contribution < -0.4 is 9.47 Å². The molecule has 3 rings (SSSR count). The maximum absolute atomic E-state index is 9.31. The summed E-state index contributed by atoms with van der Waals surface area (Å²) in [4.78, 5) is 0. The summed E-state index contributed by atoms with van der Waals surface area (Å²) in [6.07, 6.45) is 0.854. The Kier molecular flexibility index (Phi) is 3.81. The lowest BCUT2D eigenvalue weighted by Crippen LogP contribution is -2.22. The van der Waals surface area contributed by atoms with E-state index in [2.05, 4.69) is 6.07 Å². The molecule has 20 heavy (non-hydrogen) atoms. The molecule has 1 unspecified atom stereocenters. The molecule has 2 aromatic rings. The molecule has 1 aliphatic rings. The van der Waals surface area contributed by atoms with E-state index in [1.807, 2.05) is 18.2 Å². The van der Waals surface area contributed by atoms with E-state index in [1.54, 1.807) is 18.2 Å². The number of hydrogen-bond acceptors (Lipinski definition) is 3. The molecular weight excluding hydrogens is 276 g/mol. The number of aliphatic hydroxyl groups excluding tert-OH is 1. The maximum atomic E-state index is 9.31. The van der Waals surface area contributed by atoms with Gasteiger partial charge in [-0.1, -0.05) is 29.8 Å². The first-order chi connectivity index (χ1) is 9.76. The Morgan fingerprint density at radius 1 is 1.25 bits per heavy atom. The quantitative estimate of drug-likeness (QED) is 0.940. The molecule has 1 heterocycles. The minimum atomic E-state index is -0.0956. The molecule has 0 saturated carbocycles. The van der Waals surface area contributed by atoms with Crippen LogP contribution >= 0.6 is 11.6 Å². The van der Waals surface area contributed by atoms with Crippen LogP contribution in [0, 0.1) is 0 Å². The van der Waals surface area contributed by atoms with Crippen LogP contribution in [0.3, 0.4) is 0 Å². The zero-order valence-electron chi connectivity index (χ0n) is 10.9. The van der Waals surface area contributed by atoms with Crippen molar-refractivity contribution >= 4 is 11.6 Å². The lowest BCUT2D eigenvalue weighted by molar-refractivity contribution is 0.146.